The minimum absolute atomic E-state index is 0.860. The van der Waals surface area contributed by atoms with Gasteiger partial charge in [-0.25, -0.2) is 9.97 Å². The molecule has 4 aromatic carbocycles. The summed E-state index contributed by atoms with van der Waals surface area (Å²) in [6.45, 7) is 8.51. The molecule has 0 N–H and O–H groups in total. The van der Waals surface area contributed by atoms with Gasteiger partial charge in [-0.3, -0.25) is 0 Å². The molecule has 6 rings (SSSR count). The lowest BCUT2D eigenvalue weighted by molar-refractivity contribution is 1.25. The maximum Gasteiger partial charge on any atom is 0.0900 e. The monoisotopic (exact) mass is 516 g/mol. The summed E-state index contributed by atoms with van der Waals surface area (Å²) < 4.78 is 0. The Morgan fingerprint density at radius 2 is 0.600 bits per heavy atom. The van der Waals surface area contributed by atoms with Crippen LogP contribution in [0.5, 0.6) is 0 Å². The molecule has 2 heterocycles. The van der Waals surface area contributed by atoms with Crippen LogP contribution in [0, 0.1) is 27.7 Å². The summed E-state index contributed by atoms with van der Waals surface area (Å²) in [5, 5.41) is 0. The van der Waals surface area contributed by atoms with Crippen molar-refractivity contribution in [3.05, 3.63) is 144 Å². The molecule has 0 spiro atoms. The van der Waals surface area contributed by atoms with Gasteiger partial charge in [-0.2, -0.15) is 0 Å². The molecule has 0 bridgehead atoms. The first kappa shape index (κ1) is 25.5. The van der Waals surface area contributed by atoms with Crippen molar-refractivity contribution in [1.29, 1.82) is 0 Å². The Morgan fingerprint density at radius 1 is 0.300 bits per heavy atom. The van der Waals surface area contributed by atoms with E-state index in [0.717, 1.165) is 45.0 Å². The second-order valence-corrected chi connectivity index (χ2v) is 10.7. The van der Waals surface area contributed by atoms with E-state index in [1.165, 1.54) is 33.4 Å². The van der Waals surface area contributed by atoms with Crippen LogP contribution in [-0.4, -0.2) is 9.97 Å². The van der Waals surface area contributed by atoms with Gasteiger partial charge in [-0.15, -0.1) is 0 Å². The molecule has 0 unspecified atom stereocenters. The van der Waals surface area contributed by atoms with E-state index in [1.807, 2.05) is 0 Å². The zero-order chi connectivity index (χ0) is 27.6. The Bertz CT molecular complexity index is 1580. The fourth-order valence-electron chi connectivity index (χ4n) is 5.21. The fourth-order valence-corrected chi connectivity index (χ4v) is 5.21. The number of rotatable bonds is 5. The van der Waals surface area contributed by atoms with Gasteiger partial charge < -0.3 is 0 Å². The number of hydrogen-bond acceptors (Lipinski definition) is 2. The third-order valence-corrected chi connectivity index (χ3v) is 7.24. The van der Waals surface area contributed by atoms with E-state index in [1.54, 1.807) is 0 Å². The maximum atomic E-state index is 5.21. The van der Waals surface area contributed by atoms with Crippen molar-refractivity contribution in [2.75, 3.05) is 0 Å². The summed E-state index contributed by atoms with van der Waals surface area (Å²) in [6.07, 6.45) is 0. The second kappa shape index (κ2) is 10.7. The smallest absolute Gasteiger partial charge is 0.0900 e. The molecule has 0 aliphatic heterocycles. The molecule has 2 nitrogen and oxygen atoms in total. The number of pyridine rings is 2. The third kappa shape index (κ3) is 5.48. The summed E-state index contributed by atoms with van der Waals surface area (Å²) in [6, 6.07) is 43.1. The highest BCUT2D eigenvalue weighted by Crippen LogP contribution is 2.34. The second-order valence-electron chi connectivity index (χ2n) is 10.7. The van der Waals surface area contributed by atoms with Crippen LogP contribution in [0.1, 0.15) is 22.3 Å². The van der Waals surface area contributed by atoms with Crippen molar-refractivity contribution in [2.24, 2.45) is 0 Å². The van der Waals surface area contributed by atoms with Crippen LogP contribution in [0.2, 0.25) is 0 Å². The minimum Gasteiger partial charge on any atom is -0.246 e. The molecule has 0 saturated carbocycles. The van der Waals surface area contributed by atoms with E-state index in [0.29, 0.717) is 0 Å². The number of benzene rings is 4. The average Bonchev–Trinajstić information content (AvgIpc) is 2.97. The molecule has 194 valence electrons. The highest BCUT2D eigenvalue weighted by molar-refractivity contribution is 5.80. The zero-order valence-electron chi connectivity index (χ0n) is 23.4. The molecule has 0 aliphatic rings. The maximum absolute atomic E-state index is 5.21. The lowest BCUT2D eigenvalue weighted by Gasteiger charge is -2.14. The minimum atomic E-state index is 0.860. The van der Waals surface area contributed by atoms with E-state index < -0.39 is 0 Å². The van der Waals surface area contributed by atoms with Gasteiger partial charge in [0.25, 0.3) is 0 Å². The van der Waals surface area contributed by atoms with Crippen molar-refractivity contribution in [3.63, 3.8) is 0 Å². The fraction of sp³-hybridized carbons (Fsp3) is 0.105. The summed E-state index contributed by atoms with van der Waals surface area (Å²) in [5.41, 5.74) is 15.3. The zero-order valence-corrected chi connectivity index (χ0v) is 23.4. The Labute approximate surface area is 237 Å². The van der Waals surface area contributed by atoms with E-state index in [2.05, 4.69) is 149 Å². The molecule has 2 aromatic heterocycles. The van der Waals surface area contributed by atoms with Gasteiger partial charge in [0.05, 0.1) is 22.8 Å². The Balaban J connectivity index is 1.60. The van der Waals surface area contributed by atoms with Gasteiger partial charge in [0.2, 0.25) is 0 Å². The van der Waals surface area contributed by atoms with E-state index >= 15 is 0 Å². The summed E-state index contributed by atoms with van der Waals surface area (Å²) in [4.78, 5) is 10.4. The molecule has 0 fully saturated rings. The van der Waals surface area contributed by atoms with Gasteiger partial charge in [-0.1, -0.05) is 107 Å². The van der Waals surface area contributed by atoms with Crippen molar-refractivity contribution >= 4 is 0 Å². The summed E-state index contributed by atoms with van der Waals surface area (Å²) in [7, 11) is 0. The molecular formula is C38H32N2. The average molecular weight is 517 g/mol. The van der Waals surface area contributed by atoms with Crippen molar-refractivity contribution in [3.8, 4) is 56.2 Å². The highest BCUT2D eigenvalue weighted by Gasteiger charge is 2.14. The Kier molecular flexibility index (Phi) is 6.84. The first-order valence-corrected chi connectivity index (χ1v) is 13.7. The van der Waals surface area contributed by atoms with Crippen LogP contribution in [0.25, 0.3) is 56.2 Å². The van der Waals surface area contributed by atoms with Crippen LogP contribution in [0.3, 0.4) is 0 Å². The van der Waals surface area contributed by atoms with Gasteiger partial charge in [0.1, 0.15) is 0 Å². The predicted octanol–water partition coefficient (Wildman–Crippen LogP) is 10.0. The van der Waals surface area contributed by atoms with Crippen molar-refractivity contribution in [2.45, 2.75) is 27.7 Å². The molecule has 0 aliphatic carbocycles. The molecule has 40 heavy (non-hydrogen) atoms. The topological polar surface area (TPSA) is 25.8 Å². The van der Waals surface area contributed by atoms with Gasteiger partial charge >= 0.3 is 0 Å². The Morgan fingerprint density at radius 3 is 0.950 bits per heavy atom. The van der Waals surface area contributed by atoms with Gasteiger partial charge in [0, 0.05) is 11.1 Å². The van der Waals surface area contributed by atoms with Crippen LogP contribution >= 0.6 is 0 Å². The van der Waals surface area contributed by atoms with Gasteiger partial charge in [-0.05, 0) is 86.3 Å². The molecule has 2 heteroatoms. The highest BCUT2D eigenvalue weighted by atomic mass is 14.8. The lowest BCUT2D eigenvalue weighted by atomic mass is 9.97. The van der Waals surface area contributed by atoms with Crippen LogP contribution < -0.4 is 0 Å². The largest absolute Gasteiger partial charge is 0.246 e. The van der Waals surface area contributed by atoms with Crippen LogP contribution in [-0.2, 0) is 0 Å². The standard InChI is InChI=1S/C38H32N2/c1-25-9-5-13-29(17-25)33-21-35(31-15-7-11-27(3)19-31)39-37(23-33)38-24-34(30-14-6-10-26(2)18-30)22-36(40-38)32-16-8-12-28(4)20-32/h5-24H,1-4H3. The molecule has 6 aromatic rings. The summed E-state index contributed by atoms with van der Waals surface area (Å²) in [5.74, 6) is 0. The first-order chi connectivity index (χ1) is 19.4. The van der Waals surface area contributed by atoms with Crippen molar-refractivity contribution < 1.29 is 0 Å². The molecule has 0 atom stereocenters. The summed E-state index contributed by atoms with van der Waals surface area (Å²) >= 11 is 0. The normalized spacial score (nSPS) is 11.0. The van der Waals surface area contributed by atoms with E-state index in [4.69, 9.17) is 9.97 Å². The van der Waals surface area contributed by atoms with Crippen LogP contribution in [0.4, 0.5) is 0 Å². The number of nitrogens with zero attached hydrogens (tertiary/aromatic N) is 2. The Hall–Kier alpha value is -4.82. The lowest BCUT2D eigenvalue weighted by Crippen LogP contribution is -1.96. The number of aromatic nitrogens is 2. The van der Waals surface area contributed by atoms with E-state index in [9.17, 15) is 0 Å². The molecule has 0 amide bonds. The number of hydrogen-bond donors (Lipinski definition) is 0. The predicted molar refractivity (Wildman–Crippen MR) is 168 cm³/mol. The van der Waals surface area contributed by atoms with Gasteiger partial charge in [0.15, 0.2) is 0 Å². The molecule has 0 radical (unpaired) electrons. The molecular weight excluding hydrogens is 484 g/mol. The number of aryl methyl sites for hydroxylation is 4. The third-order valence-electron chi connectivity index (χ3n) is 7.24. The quantitative estimate of drug-likeness (QED) is 0.228. The SMILES string of the molecule is Cc1cccc(-c2cc(-c3cccc(C)c3)nc(-c3cc(-c4cccc(C)c4)cc(-c4cccc(C)c4)n3)c2)c1. The van der Waals surface area contributed by atoms with E-state index in [-0.39, 0.29) is 0 Å². The first-order valence-electron chi connectivity index (χ1n) is 13.7. The van der Waals surface area contributed by atoms with Crippen molar-refractivity contribution in [1.82, 2.24) is 9.97 Å². The van der Waals surface area contributed by atoms with Crippen LogP contribution in [0.15, 0.2) is 121 Å². The molecule has 0 saturated heterocycles.